The predicted molar refractivity (Wildman–Crippen MR) is 54.2 cm³/mol. The third-order valence-corrected chi connectivity index (χ3v) is 4.04. The summed E-state index contributed by atoms with van der Waals surface area (Å²) < 4.78 is 26.2. The third kappa shape index (κ3) is 2.70. The van der Waals surface area contributed by atoms with Crippen molar-refractivity contribution in [2.45, 2.75) is 13.5 Å². The van der Waals surface area contributed by atoms with E-state index < -0.39 is 10.0 Å². The van der Waals surface area contributed by atoms with Gasteiger partial charge in [0.2, 0.25) is 16.0 Å². The zero-order valence-corrected chi connectivity index (χ0v) is 9.47. The second-order valence-corrected chi connectivity index (χ2v) is 5.39. The van der Waals surface area contributed by atoms with Gasteiger partial charge in [-0.05, 0) is 6.92 Å². The summed E-state index contributed by atoms with van der Waals surface area (Å²) in [6, 6.07) is 0. The van der Waals surface area contributed by atoms with Crippen molar-refractivity contribution in [1.82, 2.24) is 9.55 Å². The van der Waals surface area contributed by atoms with E-state index in [9.17, 15) is 8.42 Å². The molecule has 0 atom stereocenters. The van der Waals surface area contributed by atoms with E-state index in [1.54, 1.807) is 17.0 Å². The van der Waals surface area contributed by atoms with Gasteiger partial charge in [-0.15, -0.1) is 0 Å². The Bertz CT molecular complexity index is 373. The lowest BCUT2D eigenvalue weighted by Gasteiger charge is -2.05. The molecule has 0 aliphatic rings. The molecule has 0 aliphatic carbocycles. The van der Waals surface area contributed by atoms with Crippen molar-refractivity contribution in [3.63, 3.8) is 0 Å². The number of rotatable bonds is 4. The van der Waals surface area contributed by atoms with E-state index in [0.717, 1.165) is 0 Å². The molecule has 5 nitrogen and oxygen atoms in total. The van der Waals surface area contributed by atoms with E-state index in [1.165, 1.54) is 0 Å². The minimum absolute atomic E-state index is 0.128. The van der Waals surface area contributed by atoms with Gasteiger partial charge in [-0.2, -0.15) is 0 Å². The van der Waals surface area contributed by atoms with Crippen molar-refractivity contribution in [3.8, 4) is 0 Å². The first kappa shape index (κ1) is 10.5. The Kier molecular flexibility index (Phi) is 3.32. The van der Waals surface area contributed by atoms with Crippen LogP contribution in [0.5, 0.6) is 0 Å². The highest BCUT2D eigenvalue weighted by molar-refractivity contribution is 9.10. The van der Waals surface area contributed by atoms with Crippen molar-refractivity contribution < 1.29 is 8.42 Å². The van der Waals surface area contributed by atoms with Gasteiger partial charge < -0.3 is 4.57 Å². The van der Waals surface area contributed by atoms with Crippen LogP contribution in [0.3, 0.4) is 0 Å². The van der Waals surface area contributed by atoms with Crippen LogP contribution in [-0.2, 0) is 16.6 Å². The van der Waals surface area contributed by atoms with Crippen LogP contribution in [0.2, 0.25) is 0 Å². The number of aromatic nitrogens is 2. The Balaban J connectivity index is 2.86. The first-order chi connectivity index (χ1) is 6.09. The lowest BCUT2D eigenvalue weighted by atomic mass is 10.7. The first-order valence-corrected chi connectivity index (χ1v) is 6.44. The Hall–Kier alpha value is -0.560. The molecule has 13 heavy (non-hydrogen) atoms. The van der Waals surface area contributed by atoms with Gasteiger partial charge in [0, 0.05) is 18.9 Å². The molecule has 1 rings (SSSR count). The molecule has 0 saturated carbocycles. The Labute approximate surface area is 85.3 Å². The van der Waals surface area contributed by atoms with Gasteiger partial charge in [-0.3, -0.25) is 4.72 Å². The second-order valence-electron chi connectivity index (χ2n) is 2.36. The number of nitrogens with zero attached hydrogens (tertiary/aromatic N) is 2. The maximum atomic E-state index is 11.1. The van der Waals surface area contributed by atoms with E-state index in [4.69, 9.17) is 0 Å². The molecular weight excluding hydrogens is 258 g/mol. The van der Waals surface area contributed by atoms with Crippen LogP contribution in [0, 0.1) is 0 Å². The fourth-order valence-corrected chi connectivity index (χ4v) is 1.68. The smallest absolute Gasteiger partial charge is 0.245 e. The van der Waals surface area contributed by atoms with Gasteiger partial charge in [0.1, 0.15) is 4.66 Å². The Morgan fingerprint density at radius 2 is 2.38 bits per heavy atom. The molecule has 1 N–H and O–H groups in total. The highest BCUT2D eigenvalue weighted by Gasteiger charge is 2.10. The number of imidazole rings is 1. The van der Waals surface area contributed by atoms with Crippen LogP contribution in [-0.4, -0.2) is 22.6 Å². The van der Waals surface area contributed by atoms with Crippen molar-refractivity contribution in [1.29, 1.82) is 0 Å². The molecular formula is C6H10BrN3O2S. The van der Waals surface area contributed by atoms with Crippen molar-refractivity contribution in [3.05, 3.63) is 12.4 Å². The number of alkyl halides is 1. The molecule has 0 bridgehead atoms. The highest BCUT2D eigenvalue weighted by atomic mass is 79.9. The quantitative estimate of drug-likeness (QED) is 0.828. The van der Waals surface area contributed by atoms with E-state index in [-0.39, 0.29) is 4.66 Å². The Morgan fingerprint density at radius 1 is 1.69 bits per heavy atom. The number of nitrogens with one attached hydrogen (secondary N) is 1. The molecule has 0 amide bonds. The SMILES string of the molecule is CCn1ccnc1NS(=O)(=O)CBr. The molecule has 1 aromatic heterocycles. The van der Waals surface area contributed by atoms with E-state index >= 15 is 0 Å². The maximum Gasteiger partial charge on any atom is 0.245 e. The molecule has 0 saturated heterocycles. The van der Waals surface area contributed by atoms with Crippen LogP contribution in [0.1, 0.15) is 6.92 Å². The lowest BCUT2D eigenvalue weighted by molar-refractivity contribution is 0.605. The summed E-state index contributed by atoms with van der Waals surface area (Å²) >= 11 is 2.88. The van der Waals surface area contributed by atoms with Gasteiger partial charge >= 0.3 is 0 Å². The number of anilines is 1. The minimum Gasteiger partial charge on any atom is -0.317 e. The molecule has 7 heteroatoms. The van der Waals surface area contributed by atoms with Crippen LogP contribution >= 0.6 is 15.9 Å². The van der Waals surface area contributed by atoms with Gasteiger partial charge in [0.15, 0.2) is 0 Å². The van der Waals surface area contributed by atoms with Crippen LogP contribution in [0.4, 0.5) is 5.95 Å². The topological polar surface area (TPSA) is 64.0 Å². The van der Waals surface area contributed by atoms with Crippen LogP contribution in [0.25, 0.3) is 0 Å². The second kappa shape index (κ2) is 4.10. The minimum atomic E-state index is -3.29. The molecule has 0 aromatic carbocycles. The third-order valence-electron chi connectivity index (χ3n) is 1.45. The van der Waals surface area contributed by atoms with Crippen LogP contribution < -0.4 is 4.72 Å². The summed E-state index contributed by atoms with van der Waals surface area (Å²) in [5.74, 6) is 0.349. The average molecular weight is 268 g/mol. The van der Waals surface area contributed by atoms with E-state index in [0.29, 0.717) is 12.5 Å². The molecule has 1 aromatic rings. The average Bonchev–Trinajstić information content (AvgIpc) is 2.51. The highest BCUT2D eigenvalue weighted by Crippen LogP contribution is 2.07. The summed E-state index contributed by atoms with van der Waals surface area (Å²) in [6.45, 7) is 2.59. The molecule has 0 fully saturated rings. The largest absolute Gasteiger partial charge is 0.317 e. The normalized spacial score (nSPS) is 11.5. The zero-order chi connectivity index (χ0) is 9.90. The molecule has 0 spiro atoms. The van der Waals surface area contributed by atoms with Gasteiger partial charge in [0.05, 0.1) is 0 Å². The maximum absolute atomic E-state index is 11.1. The first-order valence-electron chi connectivity index (χ1n) is 3.66. The predicted octanol–water partition coefficient (Wildman–Crippen LogP) is 0.997. The molecule has 0 aliphatic heterocycles. The van der Waals surface area contributed by atoms with Gasteiger partial charge in [-0.1, -0.05) is 15.9 Å². The van der Waals surface area contributed by atoms with Crippen molar-refractivity contribution in [2.24, 2.45) is 0 Å². The Morgan fingerprint density at radius 3 is 2.92 bits per heavy atom. The summed E-state index contributed by atoms with van der Waals surface area (Å²) in [4.78, 5) is 3.87. The number of hydrogen-bond acceptors (Lipinski definition) is 3. The molecule has 0 unspecified atom stereocenters. The summed E-state index contributed by atoms with van der Waals surface area (Å²) in [7, 11) is -3.29. The van der Waals surface area contributed by atoms with Gasteiger partial charge in [-0.25, -0.2) is 13.4 Å². The standard InChI is InChI=1S/C6H10BrN3O2S/c1-2-10-4-3-8-6(10)9-13(11,12)5-7/h3-4H,2,5H2,1H3,(H,8,9). The number of sulfonamides is 1. The van der Waals surface area contributed by atoms with Gasteiger partial charge in [0.25, 0.3) is 0 Å². The number of aryl methyl sites for hydroxylation is 1. The monoisotopic (exact) mass is 267 g/mol. The van der Waals surface area contributed by atoms with Crippen molar-refractivity contribution in [2.75, 3.05) is 9.38 Å². The number of hydrogen-bond donors (Lipinski definition) is 1. The molecule has 1 heterocycles. The summed E-state index contributed by atoms with van der Waals surface area (Å²) in [6.07, 6.45) is 3.27. The lowest BCUT2D eigenvalue weighted by Crippen LogP contribution is -2.16. The van der Waals surface area contributed by atoms with Crippen LogP contribution in [0.15, 0.2) is 12.4 Å². The van der Waals surface area contributed by atoms with Crippen molar-refractivity contribution >= 4 is 31.9 Å². The fourth-order valence-electron chi connectivity index (χ4n) is 0.836. The fraction of sp³-hybridized carbons (Fsp3) is 0.500. The van der Waals surface area contributed by atoms with E-state index in [2.05, 4.69) is 25.6 Å². The van der Waals surface area contributed by atoms with E-state index in [1.807, 2.05) is 6.92 Å². The molecule has 0 radical (unpaired) electrons. The zero-order valence-electron chi connectivity index (χ0n) is 7.07. The summed E-state index contributed by atoms with van der Waals surface area (Å²) in [5, 5.41) is 0. The summed E-state index contributed by atoms with van der Waals surface area (Å²) in [5.41, 5.74) is 0. The molecule has 74 valence electrons. The number of halogens is 1.